The summed E-state index contributed by atoms with van der Waals surface area (Å²) in [6.07, 6.45) is 0.223. The fourth-order valence-electron chi connectivity index (χ4n) is 1.92. The molecule has 2 aromatic carbocycles. The number of carbonyl (C=O) groups is 1. The molecule has 0 saturated heterocycles. The molecule has 0 radical (unpaired) electrons. The Hall–Kier alpha value is -2.07. The van der Waals surface area contributed by atoms with Gasteiger partial charge in [0.1, 0.15) is 18.2 Å². The SMILES string of the molecule is Cc1cc(OCCNC(=O)Cc2ccc(F)cc2)ccc1Cl. The summed E-state index contributed by atoms with van der Waals surface area (Å²) in [5.74, 6) is 0.285. The first-order chi connectivity index (χ1) is 10.5. The van der Waals surface area contributed by atoms with Crippen LogP contribution in [-0.2, 0) is 11.2 Å². The smallest absolute Gasteiger partial charge is 0.224 e. The van der Waals surface area contributed by atoms with Gasteiger partial charge < -0.3 is 10.1 Å². The molecule has 5 heteroatoms. The minimum absolute atomic E-state index is 0.123. The van der Waals surface area contributed by atoms with Crippen molar-refractivity contribution >= 4 is 17.5 Å². The quantitative estimate of drug-likeness (QED) is 0.827. The predicted molar refractivity (Wildman–Crippen MR) is 84.8 cm³/mol. The highest BCUT2D eigenvalue weighted by molar-refractivity contribution is 6.31. The molecule has 0 fully saturated rings. The Morgan fingerprint density at radius 3 is 2.64 bits per heavy atom. The molecular formula is C17H17ClFNO2. The maximum atomic E-state index is 12.8. The van der Waals surface area contributed by atoms with Crippen LogP contribution in [0.1, 0.15) is 11.1 Å². The average Bonchev–Trinajstić information content (AvgIpc) is 2.49. The number of hydrogen-bond donors (Lipinski definition) is 1. The predicted octanol–water partition coefficient (Wildman–Crippen LogP) is 3.53. The summed E-state index contributed by atoms with van der Waals surface area (Å²) in [4.78, 5) is 11.7. The molecule has 0 spiro atoms. The molecule has 2 aromatic rings. The van der Waals surface area contributed by atoms with Crippen LogP contribution >= 0.6 is 11.6 Å². The summed E-state index contributed by atoms with van der Waals surface area (Å²) in [6, 6.07) is 11.3. The third-order valence-corrected chi connectivity index (χ3v) is 3.52. The highest BCUT2D eigenvalue weighted by atomic mass is 35.5. The van der Waals surface area contributed by atoms with Crippen LogP contribution < -0.4 is 10.1 Å². The second kappa shape index (κ2) is 7.80. The zero-order valence-electron chi connectivity index (χ0n) is 12.2. The molecule has 22 heavy (non-hydrogen) atoms. The van der Waals surface area contributed by atoms with Crippen molar-refractivity contribution in [2.75, 3.05) is 13.2 Å². The van der Waals surface area contributed by atoms with Crippen molar-refractivity contribution < 1.29 is 13.9 Å². The van der Waals surface area contributed by atoms with E-state index in [1.165, 1.54) is 12.1 Å². The molecule has 0 aliphatic heterocycles. The number of nitrogens with one attached hydrogen (secondary N) is 1. The van der Waals surface area contributed by atoms with Crippen LogP contribution in [0.25, 0.3) is 0 Å². The summed E-state index contributed by atoms with van der Waals surface area (Å²) in [6.45, 7) is 2.68. The van der Waals surface area contributed by atoms with Gasteiger partial charge in [-0.05, 0) is 48.4 Å². The van der Waals surface area contributed by atoms with Crippen molar-refractivity contribution in [2.24, 2.45) is 0 Å². The summed E-state index contributed by atoms with van der Waals surface area (Å²) in [5.41, 5.74) is 1.72. The summed E-state index contributed by atoms with van der Waals surface area (Å²) in [5, 5.41) is 3.45. The van der Waals surface area contributed by atoms with Gasteiger partial charge in [-0.15, -0.1) is 0 Å². The maximum Gasteiger partial charge on any atom is 0.224 e. The lowest BCUT2D eigenvalue weighted by Gasteiger charge is -2.09. The maximum absolute atomic E-state index is 12.8. The largest absolute Gasteiger partial charge is 0.492 e. The van der Waals surface area contributed by atoms with Gasteiger partial charge in [-0.25, -0.2) is 4.39 Å². The molecule has 0 aromatic heterocycles. The molecule has 116 valence electrons. The van der Waals surface area contributed by atoms with E-state index >= 15 is 0 Å². The Balaban J connectivity index is 1.70. The number of ether oxygens (including phenoxy) is 1. The van der Waals surface area contributed by atoms with Crippen molar-refractivity contribution in [3.63, 3.8) is 0 Å². The van der Waals surface area contributed by atoms with Crippen LogP contribution in [0.5, 0.6) is 5.75 Å². The van der Waals surface area contributed by atoms with Gasteiger partial charge in [0, 0.05) is 5.02 Å². The fraction of sp³-hybridized carbons (Fsp3) is 0.235. The lowest BCUT2D eigenvalue weighted by molar-refractivity contribution is -0.120. The Bertz CT molecular complexity index is 644. The van der Waals surface area contributed by atoms with Gasteiger partial charge >= 0.3 is 0 Å². The third kappa shape index (κ3) is 5.04. The lowest BCUT2D eigenvalue weighted by Crippen LogP contribution is -2.29. The van der Waals surface area contributed by atoms with Crippen molar-refractivity contribution in [2.45, 2.75) is 13.3 Å². The molecule has 0 aliphatic carbocycles. The minimum atomic E-state index is -0.309. The first-order valence-corrected chi connectivity index (χ1v) is 7.32. The normalized spacial score (nSPS) is 10.3. The molecular weight excluding hydrogens is 305 g/mol. The van der Waals surface area contributed by atoms with Crippen LogP contribution in [0.4, 0.5) is 4.39 Å². The molecule has 0 bridgehead atoms. The summed E-state index contributed by atoms with van der Waals surface area (Å²) < 4.78 is 18.3. The standard InChI is InChI=1S/C17H17ClFNO2/c1-12-10-15(6-7-16(12)18)22-9-8-20-17(21)11-13-2-4-14(19)5-3-13/h2-7,10H,8-9,11H2,1H3,(H,20,21). The Morgan fingerprint density at radius 1 is 1.23 bits per heavy atom. The molecule has 0 saturated carbocycles. The second-order valence-electron chi connectivity index (χ2n) is 4.91. The number of hydrogen-bond acceptors (Lipinski definition) is 2. The van der Waals surface area contributed by atoms with E-state index in [0.29, 0.717) is 18.2 Å². The summed E-state index contributed by atoms with van der Waals surface area (Å²) in [7, 11) is 0. The topological polar surface area (TPSA) is 38.3 Å². The average molecular weight is 322 g/mol. The number of carbonyl (C=O) groups excluding carboxylic acids is 1. The molecule has 1 N–H and O–H groups in total. The van der Waals surface area contributed by atoms with Gasteiger partial charge in [-0.2, -0.15) is 0 Å². The molecule has 0 unspecified atom stereocenters. The molecule has 0 heterocycles. The van der Waals surface area contributed by atoms with Gasteiger partial charge in [-0.1, -0.05) is 23.7 Å². The number of benzene rings is 2. The highest BCUT2D eigenvalue weighted by Crippen LogP contribution is 2.20. The fourth-order valence-corrected chi connectivity index (χ4v) is 2.03. The number of rotatable bonds is 6. The first-order valence-electron chi connectivity index (χ1n) is 6.94. The monoisotopic (exact) mass is 321 g/mol. The molecule has 3 nitrogen and oxygen atoms in total. The number of aryl methyl sites for hydroxylation is 1. The van der Waals surface area contributed by atoms with Crippen LogP contribution in [0.15, 0.2) is 42.5 Å². The van der Waals surface area contributed by atoms with E-state index in [0.717, 1.165) is 16.9 Å². The van der Waals surface area contributed by atoms with E-state index in [9.17, 15) is 9.18 Å². The van der Waals surface area contributed by atoms with Gasteiger partial charge in [-0.3, -0.25) is 4.79 Å². The molecule has 0 atom stereocenters. The van der Waals surface area contributed by atoms with Crippen LogP contribution in [0.2, 0.25) is 5.02 Å². The number of amides is 1. The lowest BCUT2D eigenvalue weighted by atomic mass is 10.1. The zero-order valence-corrected chi connectivity index (χ0v) is 13.0. The highest BCUT2D eigenvalue weighted by Gasteiger charge is 2.03. The van der Waals surface area contributed by atoms with Crippen LogP contribution in [0, 0.1) is 12.7 Å². The van der Waals surface area contributed by atoms with E-state index in [4.69, 9.17) is 16.3 Å². The summed E-state index contributed by atoms with van der Waals surface area (Å²) >= 11 is 5.93. The van der Waals surface area contributed by atoms with Crippen LogP contribution in [0.3, 0.4) is 0 Å². The number of halogens is 2. The first kappa shape index (κ1) is 16.3. The Kier molecular flexibility index (Phi) is 5.78. The minimum Gasteiger partial charge on any atom is -0.492 e. The van der Waals surface area contributed by atoms with Crippen LogP contribution in [-0.4, -0.2) is 19.1 Å². The molecule has 2 rings (SSSR count). The van der Waals surface area contributed by atoms with Gasteiger partial charge in [0.05, 0.1) is 13.0 Å². The van der Waals surface area contributed by atoms with Gasteiger partial charge in [0.15, 0.2) is 0 Å². The van der Waals surface area contributed by atoms with E-state index in [1.807, 2.05) is 13.0 Å². The third-order valence-electron chi connectivity index (χ3n) is 3.10. The second-order valence-corrected chi connectivity index (χ2v) is 5.32. The van der Waals surface area contributed by atoms with Crippen molar-refractivity contribution in [1.29, 1.82) is 0 Å². The van der Waals surface area contributed by atoms with Crippen molar-refractivity contribution in [3.8, 4) is 5.75 Å². The van der Waals surface area contributed by atoms with Crippen molar-refractivity contribution in [1.82, 2.24) is 5.32 Å². The Labute approximate surface area is 134 Å². The van der Waals surface area contributed by atoms with E-state index in [2.05, 4.69) is 5.32 Å². The van der Waals surface area contributed by atoms with E-state index < -0.39 is 0 Å². The van der Waals surface area contributed by atoms with Gasteiger partial charge in [0.2, 0.25) is 5.91 Å². The Morgan fingerprint density at radius 2 is 1.95 bits per heavy atom. The van der Waals surface area contributed by atoms with Crippen molar-refractivity contribution in [3.05, 3.63) is 64.4 Å². The van der Waals surface area contributed by atoms with E-state index in [-0.39, 0.29) is 18.1 Å². The molecule has 1 amide bonds. The zero-order chi connectivity index (χ0) is 15.9. The van der Waals surface area contributed by atoms with E-state index in [1.54, 1.807) is 24.3 Å². The molecule has 0 aliphatic rings. The van der Waals surface area contributed by atoms with Gasteiger partial charge in [0.25, 0.3) is 0 Å².